The number of nitro benzene ring substituents is 1. The van der Waals surface area contributed by atoms with Crippen LogP contribution in [0.4, 0.5) is 5.69 Å². The van der Waals surface area contributed by atoms with Crippen molar-refractivity contribution in [3.05, 3.63) is 61.3 Å². The molecule has 2 rings (SSSR count). The number of nitro groups is 1. The van der Waals surface area contributed by atoms with Gasteiger partial charge >= 0.3 is 5.69 Å². The van der Waals surface area contributed by atoms with Crippen LogP contribution in [0.5, 0.6) is 5.88 Å². The summed E-state index contributed by atoms with van der Waals surface area (Å²) in [6, 6.07) is 5.65. The Morgan fingerprint density at radius 1 is 1.19 bits per heavy atom. The van der Waals surface area contributed by atoms with E-state index in [2.05, 4.69) is 0 Å². The largest absolute Gasteiger partial charge is 0.494 e. The van der Waals surface area contributed by atoms with Gasteiger partial charge in [-0.15, -0.1) is 0 Å². The van der Waals surface area contributed by atoms with Gasteiger partial charge in [0.15, 0.2) is 0 Å². The summed E-state index contributed by atoms with van der Waals surface area (Å²) in [6.07, 6.45) is 0. The number of non-ortho nitro benzene ring substituents is 1. The molecule has 0 aliphatic heterocycles. The molecule has 1 aromatic carbocycles. The summed E-state index contributed by atoms with van der Waals surface area (Å²) < 4.78 is 1.57. The Morgan fingerprint density at radius 2 is 1.81 bits per heavy atom. The lowest BCUT2D eigenvalue weighted by Crippen LogP contribution is -2.38. The van der Waals surface area contributed by atoms with E-state index in [-0.39, 0.29) is 17.9 Å². The van der Waals surface area contributed by atoms with Gasteiger partial charge in [0.1, 0.15) is 0 Å². The molecule has 0 bridgehead atoms. The first-order valence-electron chi connectivity index (χ1n) is 5.87. The third-order valence-corrected chi connectivity index (χ3v) is 2.81. The zero-order valence-corrected chi connectivity index (χ0v) is 10.7. The highest BCUT2D eigenvalue weighted by atomic mass is 16.6. The van der Waals surface area contributed by atoms with E-state index in [1.54, 1.807) is 0 Å². The van der Waals surface area contributed by atoms with E-state index >= 15 is 0 Å². The van der Waals surface area contributed by atoms with E-state index in [1.807, 2.05) is 0 Å². The number of aliphatic hydroxyl groups is 1. The van der Waals surface area contributed by atoms with Crippen LogP contribution in [-0.4, -0.2) is 30.9 Å². The molecule has 2 N–H and O–H groups in total. The van der Waals surface area contributed by atoms with Crippen LogP contribution in [-0.2, 0) is 6.54 Å². The fraction of sp³-hybridized carbons (Fsp3) is 0.167. The molecule has 9 nitrogen and oxygen atoms in total. The van der Waals surface area contributed by atoms with Crippen molar-refractivity contribution in [2.24, 2.45) is 0 Å². The molecule has 0 saturated carbocycles. The lowest BCUT2D eigenvalue weighted by molar-refractivity contribution is -0.384. The summed E-state index contributed by atoms with van der Waals surface area (Å²) in [7, 11) is 0. The van der Waals surface area contributed by atoms with Crippen molar-refractivity contribution in [1.29, 1.82) is 0 Å². The smallest absolute Gasteiger partial charge is 0.338 e. The lowest BCUT2D eigenvalue weighted by Gasteiger charge is -2.10. The molecule has 1 heterocycles. The second kappa shape index (κ2) is 5.59. The van der Waals surface area contributed by atoms with Gasteiger partial charge in [-0.1, -0.05) is 0 Å². The van der Waals surface area contributed by atoms with E-state index < -0.39 is 28.7 Å². The van der Waals surface area contributed by atoms with Crippen LogP contribution in [0.25, 0.3) is 5.69 Å². The van der Waals surface area contributed by atoms with Gasteiger partial charge in [-0.05, 0) is 12.1 Å². The van der Waals surface area contributed by atoms with Crippen LogP contribution in [0.3, 0.4) is 0 Å². The molecule has 2 aromatic rings. The third-order valence-electron chi connectivity index (χ3n) is 2.81. The van der Waals surface area contributed by atoms with Crippen molar-refractivity contribution < 1.29 is 15.1 Å². The SMILES string of the molecule is O=c1cc(O)n(CCO)c(=O)n1-c1ccc([N+](=O)[O-])cc1. The van der Waals surface area contributed by atoms with Crippen LogP contribution < -0.4 is 11.2 Å². The number of hydrogen-bond acceptors (Lipinski definition) is 6. The average Bonchev–Trinajstić information content (AvgIpc) is 2.44. The number of aliphatic hydroxyl groups excluding tert-OH is 1. The van der Waals surface area contributed by atoms with Gasteiger partial charge in [-0.25, -0.2) is 9.36 Å². The number of aromatic nitrogens is 2. The normalized spacial score (nSPS) is 10.5. The maximum absolute atomic E-state index is 12.1. The van der Waals surface area contributed by atoms with Gasteiger partial charge < -0.3 is 10.2 Å². The fourth-order valence-electron chi connectivity index (χ4n) is 1.84. The summed E-state index contributed by atoms with van der Waals surface area (Å²) in [6.45, 7) is -0.580. The maximum atomic E-state index is 12.1. The molecule has 0 unspecified atom stereocenters. The number of rotatable bonds is 4. The molecule has 1 aromatic heterocycles. The minimum Gasteiger partial charge on any atom is -0.494 e. The number of hydrogen-bond donors (Lipinski definition) is 2. The van der Waals surface area contributed by atoms with E-state index in [1.165, 1.54) is 12.1 Å². The molecule has 0 amide bonds. The highest BCUT2D eigenvalue weighted by Crippen LogP contribution is 2.13. The highest BCUT2D eigenvalue weighted by Gasteiger charge is 2.13. The van der Waals surface area contributed by atoms with Crippen molar-refractivity contribution in [3.8, 4) is 11.6 Å². The zero-order valence-electron chi connectivity index (χ0n) is 10.7. The molecule has 0 aliphatic carbocycles. The van der Waals surface area contributed by atoms with Crippen molar-refractivity contribution in [1.82, 2.24) is 9.13 Å². The minimum atomic E-state index is -0.845. The summed E-state index contributed by atoms with van der Waals surface area (Å²) in [5, 5.41) is 29.0. The van der Waals surface area contributed by atoms with Gasteiger partial charge in [0.25, 0.3) is 11.2 Å². The lowest BCUT2D eigenvalue weighted by atomic mass is 10.3. The quantitative estimate of drug-likeness (QED) is 0.583. The Bertz CT molecular complexity index is 790. The van der Waals surface area contributed by atoms with E-state index in [9.17, 15) is 24.8 Å². The van der Waals surface area contributed by atoms with Crippen LogP contribution in [0.1, 0.15) is 0 Å². The summed E-state index contributed by atoms with van der Waals surface area (Å²) in [4.78, 5) is 33.9. The van der Waals surface area contributed by atoms with Crippen molar-refractivity contribution in [2.75, 3.05) is 6.61 Å². The molecule has 0 aliphatic rings. The third kappa shape index (κ3) is 2.67. The predicted octanol–water partition coefficient (Wildman–Crippen LogP) is -0.395. The van der Waals surface area contributed by atoms with Gasteiger partial charge in [-0.3, -0.25) is 19.5 Å². The van der Waals surface area contributed by atoms with Gasteiger partial charge in [0.2, 0.25) is 5.88 Å². The Hall–Kier alpha value is -2.94. The average molecular weight is 293 g/mol. The summed E-state index contributed by atoms with van der Waals surface area (Å²) in [5.74, 6) is -0.558. The molecular weight excluding hydrogens is 282 g/mol. The Balaban J connectivity index is 2.63. The van der Waals surface area contributed by atoms with Gasteiger partial charge in [0.05, 0.1) is 29.8 Å². The van der Waals surface area contributed by atoms with Gasteiger partial charge in [-0.2, -0.15) is 0 Å². The van der Waals surface area contributed by atoms with Crippen LogP contribution in [0, 0.1) is 10.1 Å². The second-order valence-corrected chi connectivity index (χ2v) is 4.11. The first kappa shape index (κ1) is 14.5. The molecule has 0 fully saturated rings. The molecule has 0 spiro atoms. The molecule has 0 atom stereocenters. The van der Waals surface area contributed by atoms with Crippen molar-refractivity contribution >= 4 is 5.69 Å². The predicted molar refractivity (Wildman–Crippen MR) is 71.7 cm³/mol. The molecule has 0 saturated heterocycles. The monoisotopic (exact) mass is 293 g/mol. The van der Waals surface area contributed by atoms with E-state index in [0.29, 0.717) is 0 Å². The number of aromatic hydroxyl groups is 1. The van der Waals surface area contributed by atoms with E-state index in [4.69, 9.17) is 5.11 Å². The molecule has 9 heteroatoms. The molecule has 21 heavy (non-hydrogen) atoms. The number of benzene rings is 1. The zero-order chi connectivity index (χ0) is 15.6. The maximum Gasteiger partial charge on any atom is 0.338 e. The molecule has 110 valence electrons. The van der Waals surface area contributed by atoms with Crippen LogP contribution >= 0.6 is 0 Å². The first-order valence-corrected chi connectivity index (χ1v) is 5.87. The van der Waals surface area contributed by atoms with Gasteiger partial charge in [0, 0.05) is 12.1 Å². The van der Waals surface area contributed by atoms with E-state index in [0.717, 1.165) is 27.3 Å². The Labute approximate surface area is 117 Å². The summed E-state index contributed by atoms with van der Waals surface area (Å²) >= 11 is 0. The summed E-state index contributed by atoms with van der Waals surface area (Å²) in [5.41, 5.74) is -1.67. The number of nitrogens with zero attached hydrogens (tertiary/aromatic N) is 3. The second-order valence-electron chi connectivity index (χ2n) is 4.11. The minimum absolute atomic E-state index is 0.127. The highest BCUT2D eigenvalue weighted by molar-refractivity contribution is 5.40. The fourth-order valence-corrected chi connectivity index (χ4v) is 1.84. The Morgan fingerprint density at radius 3 is 2.33 bits per heavy atom. The Kier molecular flexibility index (Phi) is 3.85. The molecular formula is C12H11N3O6. The van der Waals surface area contributed by atoms with Crippen LogP contribution in [0.2, 0.25) is 0 Å². The standard InChI is InChI=1S/C12H11N3O6/c16-6-5-13-10(17)7-11(18)14(12(13)19)8-1-3-9(4-2-8)15(20)21/h1-4,7,16-17H,5-6H2. The first-order chi connectivity index (χ1) is 9.95. The van der Waals surface area contributed by atoms with Crippen molar-refractivity contribution in [3.63, 3.8) is 0 Å². The topological polar surface area (TPSA) is 128 Å². The van der Waals surface area contributed by atoms with Crippen LogP contribution in [0.15, 0.2) is 39.9 Å². The van der Waals surface area contributed by atoms with Crippen molar-refractivity contribution in [2.45, 2.75) is 6.54 Å². The molecule has 0 radical (unpaired) electrons.